The van der Waals surface area contributed by atoms with Crippen molar-refractivity contribution in [2.45, 2.75) is 18.3 Å². The fraction of sp³-hybridized carbons (Fsp3) is 0.444. The Labute approximate surface area is 112 Å². The van der Waals surface area contributed by atoms with E-state index in [0.29, 0.717) is 23.4 Å². The first-order valence-corrected chi connectivity index (χ1v) is 6.30. The number of carboxylic acids is 1. The van der Waals surface area contributed by atoms with E-state index in [1.54, 1.807) is 22.5 Å². The highest BCUT2D eigenvalue weighted by Crippen LogP contribution is 2.18. The third-order valence-electron chi connectivity index (χ3n) is 2.36. The van der Waals surface area contributed by atoms with Crippen LogP contribution in [0, 0.1) is 0 Å². The monoisotopic (exact) mass is 284 g/mol. The van der Waals surface area contributed by atoms with Crippen molar-refractivity contribution in [3.8, 4) is 0 Å². The second kappa shape index (κ2) is 5.80. The third-order valence-corrected chi connectivity index (χ3v) is 3.32. The first kappa shape index (κ1) is 13.5. The zero-order valence-electron chi connectivity index (χ0n) is 10.1. The van der Waals surface area contributed by atoms with E-state index in [9.17, 15) is 9.90 Å². The van der Waals surface area contributed by atoms with Gasteiger partial charge in [-0.3, -0.25) is 9.36 Å². The molecule has 9 nitrogen and oxygen atoms in total. The number of carbonyl (C=O) groups is 1. The molecule has 2 heterocycles. The Kier molecular flexibility index (Phi) is 4.12. The summed E-state index contributed by atoms with van der Waals surface area (Å²) in [5.74, 6) is -0.0473. The summed E-state index contributed by atoms with van der Waals surface area (Å²) in [7, 11) is 1.79. The molecule has 0 unspecified atom stereocenters. The van der Waals surface area contributed by atoms with Crippen LogP contribution in [0.25, 0.3) is 0 Å². The van der Waals surface area contributed by atoms with E-state index in [2.05, 4.69) is 20.4 Å². The number of nitrogens with zero attached hydrogens (tertiary/aromatic N) is 6. The maximum absolute atomic E-state index is 10.6. The number of hydrogen-bond donors (Lipinski definition) is 2. The number of hydrogen-bond acceptors (Lipinski definition) is 7. The Balaban J connectivity index is 2.23. The second-order valence-electron chi connectivity index (χ2n) is 3.68. The van der Waals surface area contributed by atoms with Crippen molar-refractivity contribution < 1.29 is 15.0 Å². The summed E-state index contributed by atoms with van der Waals surface area (Å²) >= 11 is 1.04. The molecule has 0 bridgehead atoms. The molecule has 0 aliphatic heterocycles. The van der Waals surface area contributed by atoms with Crippen LogP contribution in [0.5, 0.6) is 0 Å². The fourth-order valence-electron chi connectivity index (χ4n) is 1.42. The topological polar surface area (TPSA) is 119 Å². The minimum Gasteiger partial charge on any atom is -0.481 e. The van der Waals surface area contributed by atoms with E-state index in [1.807, 2.05) is 0 Å². The van der Waals surface area contributed by atoms with Crippen molar-refractivity contribution in [1.29, 1.82) is 0 Å². The van der Waals surface area contributed by atoms with Crippen LogP contribution in [0.15, 0.2) is 11.5 Å². The van der Waals surface area contributed by atoms with Crippen LogP contribution in [-0.4, -0.2) is 51.5 Å². The van der Waals surface area contributed by atoms with Crippen LogP contribution in [0.4, 0.5) is 0 Å². The number of aliphatic hydroxyl groups is 1. The molecule has 0 saturated heterocycles. The molecule has 0 aliphatic carbocycles. The van der Waals surface area contributed by atoms with Gasteiger partial charge in [0.15, 0.2) is 16.8 Å². The molecule has 0 amide bonds. The zero-order valence-corrected chi connectivity index (χ0v) is 10.9. The van der Waals surface area contributed by atoms with Crippen LogP contribution < -0.4 is 0 Å². The lowest BCUT2D eigenvalue weighted by Gasteiger charge is -2.07. The summed E-state index contributed by atoms with van der Waals surface area (Å²) in [6.07, 6.45) is 1.56. The maximum Gasteiger partial charge on any atom is 0.313 e. The number of aryl methyl sites for hydroxylation is 1. The van der Waals surface area contributed by atoms with Gasteiger partial charge in [0.25, 0.3) is 0 Å². The van der Waals surface area contributed by atoms with Crippen molar-refractivity contribution >= 4 is 17.7 Å². The summed E-state index contributed by atoms with van der Waals surface area (Å²) in [5, 5.41) is 33.7. The van der Waals surface area contributed by atoms with Crippen LogP contribution in [0.2, 0.25) is 0 Å². The molecule has 0 aromatic carbocycles. The van der Waals surface area contributed by atoms with Gasteiger partial charge in [0.1, 0.15) is 12.9 Å². The van der Waals surface area contributed by atoms with Gasteiger partial charge in [0.2, 0.25) is 0 Å². The second-order valence-corrected chi connectivity index (χ2v) is 4.63. The molecule has 0 fully saturated rings. The van der Waals surface area contributed by atoms with Crippen molar-refractivity contribution in [3.05, 3.63) is 18.0 Å². The Morgan fingerprint density at radius 3 is 2.74 bits per heavy atom. The van der Waals surface area contributed by atoms with Gasteiger partial charge in [0.05, 0.1) is 12.3 Å². The van der Waals surface area contributed by atoms with E-state index >= 15 is 0 Å². The molecule has 0 spiro atoms. The molecule has 19 heavy (non-hydrogen) atoms. The Bertz CT molecular complexity index is 580. The Morgan fingerprint density at radius 1 is 1.37 bits per heavy atom. The van der Waals surface area contributed by atoms with Gasteiger partial charge in [-0.25, -0.2) is 0 Å². The van der Waals surface area contributed by atoms with Crippen LogP contribution >= 0.6 is 11.8 Å². The standard InChI is InChI=1S/C9H12N6O3S/c1-14-5-10-11-6(14)2-15-7(3-16)12-13-9(15)19-4-8(17)18/h5,16H,2-4H2,1H3,(H,17,18). The van der Waals surface area contributed by atoms with Crippen LogP contribution in [0.1, 0.15) is 11.6 Å². The molecule has 0 saturated carbocycles. The van der Waals surface area contributed by atoms with E-state index in [4.69, 9.17) is 5.11 Å². The number of carboxylic acid groups (broad SMARTS) is 1. The molecule has 2 rings (SSSR count). The Morgan fingerprint density at radius 2 is 2.16 bits per heavy atom. The lowest BCUT2D eigenvalue weighted by molar-refractivity contribution is -0.133. The van der Waals surface area contributed by atoms with Gasteiger partial charge < -0.3 is 14.8 Å². The minimum absolute atomic E-state index is 0.123. The quantitative estimate of drug-likeness (QED) is 0.657. The highest BCUT2D eigenvalue weighted by atomic mass is 32.2. The summed E-state index contributed by atoms with van der Waals surface area (Å²) in [6.45, 7) is 0.0415. The summed E-state index contributed by atoms with van der Waals surface area (Å²) in [4.78, 5) is 10.6. The van der Waals surface area contributed by atoms with Crippen LogP contribution in [0.3, 0.4) is 0 Å². The average Bonchev–Trinajstić information content (AvgIpc) is 2.95. The molecule has 2 aromatic rings. The first-order chi connectivity index (χ1) is 9.11. The van der Waals surface area contributed by atoms with Gasteiger partial charge in [-0.05, 0) is 0 Å². The van der Waals surface area contributed by atoms with Crippen molar-refractivity contribution in [1.82, 2.24) is 29.5 Å². The predicted molar refractivity (Wildman–Crippen MR) is 64.4 cm³/mol. The maximum atomic E-state index is 10.6. The number of rotatable bonds is 6. The molecular formula is C9H12N6O3S. The van der Waals surface area contributed by atoms with E-state index in [1.165, 1.54) is 0 Å². The molecule has 102 valence electrons. The molecule has 0 aliphatic rings. The number of aromatic nitrogens is 6. The fourth-order valence-corrected chi connectivity index (χ4v) is 2.10. The van der Waals surface area contributed by atoms with Gasteiger partial charge in [-0.2, -0.15) is 0 Å². The van der Waals surface area contributed by atoms with Gasteiger partial charge in [-0.15, -0.1) is 20.4 Å². The molecule has 0 atom stereocenters. The van der Waals surface area contributed by atoms with E-state index in [0.717, 1.165) is 11.8 Å². The van der Waals surface area contributed by atoms with Gasteiger partial charge in [0, 0.05) is 7.05 Å². The SMILES string of the molecule is Cn1cnnc1Cn1c(CO)nnc1SCC(=O)O. The highest BCUT2D eigenvalue weighted by molar-refractivity contribution is 7.99. The summed E-state index contributed by atoms with van der Waals surface area (Å²) < 4.78 is 3.35. The first-order valence-electron chi connectivity index (χ1n) is 5.32. The molecule has 10 heteroatoms. The van der Waals surface area contributed by atoms with Crippen molar-refractivity contribution in [2.75, 3.05) is 5.75 Å². The average molecular weight is 284 g/mol. The van der Waals surface area contributed by atoms with Gasteiger partial charge in [-0.1, -0.05) is 11.8 Å². The number of aliphatic carboxylic acids is 1. The normalized spacial score (nSPS) is 10.8. The smallest absolute Gasteiger partial charge is 0.313 e. The summed E-state index contributed by atoms with van der Waals surface area (Å²) in [5.41, 5.74) is 0. The zero-order chi connectivity index (χ0) is 13.8. The summed E-state index contributed by atoms with van der Waals surface area (Å²) in [6, 6.07) is 0. The molecule has 2 aromatic heterocycles. The van der Waals surface area contributed by atoms with Crippen molar-refractivity contribution in [3.63, 3.8) is 0 Å². The number of aliphatic hydroxyl groups excluding tert-OH is 1. The molecular weight excluding hydrogens is 272 g/mol. The Hall–Kier alpha value is -1.94. The highest BCUT2D eigenvalue weighted by Gasteiger charge is 2.15. The number of thioether (sulfide) groups is 1. The lowest BCUT2D eigenvalue weighted by Crippen LogP contribution is -2.11. The minimum atomic E-state index is -0.941. The molecule has 2 N–H and O–H groups in total. The third kappa shape index (κ3) is 3.09. The predicted octanol–water partition coefficient (Wildman–Crippen LogP) is -0.876. The van der Waals surface area contributed by atoms with E-state index < -0.39 is 5.97 Å². The lowest BCUT2D eigenvalue weighted by atomic mass is 10.5. The van der Waals surface area contributed by atoms with Crippen molar-refractivity contribution in [2.24, 2.45) is 7.05 Å². The largest absolute Gasteiger partial charge is 0.481 e. The van der Waals surface area contributed by atoms with Gasteiger partial charge >= 0.3 is 5.97 Å². The molecule has 0 radical (unpaired) electrons. The van der Waals surface area contributed by atoms with E-state index in [-0.39, 0.29) is 12.4 Å². The van der Waals surface area contributed by atoms with Crippen LogP contribution in [-0.2, 0) is 25.0 Å².